The Morgan fingerprint density at radius 3 is 2.40 bits per heavy atom. The van der Waals surface area contributed by atoms with Gasteiger partial charge in [0.05, 0.1) is 11.9 Å². The van der Waals surface area contributed by atoms with E-state index in [2.05, 4.69) is 22.3 Å². The van der Waals surface area contributed by atoms with Crippen molar-refractivity contribution in [1.82, 2.24) is 14.8 Å². The van der Waals surface area contributed by atoms with Gasteiger partial charge in [0.25, 0.3) is 0 Å². The molecule has 20 heavy (non-hydrogen) atoms. The van der Waals surface area contributed by atoms with Crippen molar-refractivity contribution in [2.45, 2.75) is 38.4 Å². The summed E-state index contributed by atoms with van der Waals surface area (Å²) in [5, 5.41) is 8.23. The Kier molecular flexibility index (Phi) is 5.06. The monoisotopic (exact) mass is 291 g/mol. The summed E-state index contributed by atoms with van der Waals surface area (Å²) < 4.78 is 7.67. The number of aryl methyl sites for hydroxylation is 1. The van der Waals surface area contributed by atoms with E-state index < -0.39 is 0 Å². The third-order valence-electron chi connectivity index (χ3n) is 2.98. The molecule has 0 atom stereocenters. The Labute approximate surface area is 124 Å². The smallest absolute Gasteiger partial charge is 0.142 e. The quantitative estimate of drug-likeness (QED) is 0.818. The van der Waals surface area contributed by atoms with E-state index in [1.54, 1.807) is 0 Å². The van der Waals surface area contributed by atoms with Crippen molar-refractivity contribution in [3.63, 3.8) is 0 Å². The Morgan fingerprint density at radius 1 is 1.15 bits per heavy atom. The molecule has 0 amide bonds. The molecule has 2 aromatic rings. The maximum Gasteiger partial charge on any atom is 0.142 e. The van der Waals surface area contributed by atoms with Crippen molar-refractivity contribution < 1.29 is 4.74 Å². The highest BCUT2D eigenvalue weighted by Gasteiger charge is 2.05. The van der Waals surface area contributed by atoms with E-state index in [0.29, 0.717) is 0 Å². The highest BCUT2D eigenvalue weighted by Crippen LogP contribution is 2.20. The average molecular weight is 291 g/mol. The summed E-state index contributed by atoms with van der Waals surface area (Å²) in [5.41, 5.74) is 1.30. The maximum atomic E-state index is 5.63. The van der Waals surface area contributed by atoms with Gasteiger partial charge in [0.2, 0.25) is 0 Å². The minimum atomic E-state index is 0.217. The Bertz CT molecular complexity index is 549. The van der Waals surface area contributed by atoms with Crippen molar-refractivity contribution in [2.24, 2.45) is 7.05 Å². The van der Waals surface area contributed by atoms with E-state index in [1.165, 1.54) is 5.56 Å². The molecule has 0 saturated heterocycles. The van der Waals surface area contributed by atoms with Crippen molar-refractivity contribution in [2.75, 3.05) is 0 Å². The minimum absolute atomic E-state index is 0.217. The first-order valence-corrected chi connectivity index (χ1v) is 7.90. The molecule has 0 saturated carbocycles. The van der Waals surface area contributed by atoms with Crippen LogP contribution in [0.5, 0.6) is 5.75 Å². The number of benzene rings is 1. The van der Waals surface area contributed by atoms with Crippen LogP contribution in [0.4, 0.5) is 0 Å². The first-order valence-electron chi connectivity index (χ1n) is 6.74. The van der Waals surface area contributed by atoms with E-state index in [0.717, 1.165) is 28.9 Å². The second-order valence-corrected chi connectivity index (χ2v) is 6.01. The van der Waals surface area contributed by atoms with Gasteiger partial charge >= 0.3 is 0 Å². The van der Waals surface area contributed by atoms with Gasteiger partial charge < -0.3 is 9.30 Å². The molecule has 0 aliphatic rings. The summed E-state index contributed by atoms with van der Waals surface area (Å²) >= 11 is 1.84. The molecule has 0 N–H and O–H groups in total. The molecule has 0 aliphatic heterocycles. The zero-order valence-electron chi connectivity index (χ0n) is 12.5. The first kappa shape index (κ1) is 14.9. The Morgan fingerprint density at radius 2 is 1.85 bits per heavy atom. The molecule has 0 bridgehead atoms. The second-order valence-electron chi connectivity index (χ2n) is 5.03. The summed E-state index contributed by atoms with van der Waals surface area (Å²) in [6, 6.07) is 8.30. The lowest BCUT2D eigenvalue weighted by molar-refractivity contribution is 0.242. The van der Waals surface area contributed by atoms with Crippen molar-refractivity contribution in [3.05, 3.63) is 41.5 Å². The lowest BCUT2D eigenvalue weighted by Crippen LogP contribution is -2.05. The fourth-order valence-electron chi connectivity index (χ4n) is 1.77. The number of nitrogens with zero attached hydrogens (tertiary/aromatic N) is 3. The van der Waals surface area contributed by atoms with Gasteiger partial charge in [0, 0.05) is 12.8 Å². The van der Waals surface area contributed by atoms with Gasteiger partial charge in [-0.25, -0.2) is 0 Å². The van der Waals surface area contributed by atoms with Crippen molar-refractivity contribution >= 4 is 11.8 Å². The van der Waals surface area contributed by atoms with E-state index in [1.807, 2.05) is 56.3 Å². The predicted molar refractivity (Wildman–Crippen MR) is 82.9 cm³/mol. The zero-order valence-corrected chi connectivity index (χ0v) is 13.3. The molecule has 0 fully saturated rings. The number of thioether (sulfide) groups is 1. The fraction of sp³-hybridized carbons (Fsp3) is 0.467. The van der Waals surface area contributed by atoms with Gasteiger partial charge in [-0.05, 0) is 38.5 Å². The summed E-state index contributed by atoms with van der Waals surface area (Å²) in [6.07, 6.45) is 0.217. The van der Waals surface area contributed by atoms with Crippen molar-refractivity contribution in [3.8, 4) is 5.75 Å². The van der Waals surface area contributed by atoms with Gasteiger partial charge in [0.15, 0.2) is 0 Å². The van der Waals surface area contributed by atoms with Crippen LogP contribution in [0.2, 0.25) is 0 Å². The molecule has 0 radical (unpaired) electrons. The molecule has 0 aliphatic carbocycles. The third kappa shape index (κ3) is 4.00. The molecular weight excluding hydrogens is 270 g/mol. The topological polar surface area (TPSA) is 39.9 Å². The first-order chi connectivity index (χ1) is 9.56. The van der Waals surface area contributed by atoms with Crippen LogP contribution in [0.15, 0.2) is 24.3 Å². The van der Waals surface area contributed by atoms with Crippen LogP contribution in [-0.2, 0) is 18.6 Å². The molecule has 4 nitrogen and oxygen atoms in total. The van der Waals surface area contributed by atoms with Gasteiger partial charge in [-0.2, -0.15) is 0 Å². The molecule has 1 heterocycles. The fourth-order valence-corrected chi connectivity index (χ4v) is 2.74. The molecular formula is C15H21N3OS. The lowest BCUT2D eigenvalue weighted by atomic mass is 10.2. The number of ether oxygens (including phenoxy) is 1. The molecule has 108 valence electrons. The summed E-state index contributed by atoms with van der Waals surface area (Å²) in [4.78, 5) is 0. The largest absolute Gasteiger partial charge is 0.491 e. The van der Waals surface area contributed by atoms with Crippen molar-refractivity contribution in [1.29, 1.82) is 0 Å². The highest BCUT2D eigenvalue weighted by molar-refractivity contribution is 7.97. The minimum Gasteiger partial charge on any atom is -0.491 e. The molecule has 1 aromatic heterocycles. The third-order valence-corrected chi connectivity index (χ3v) is 3.98. The highest BCUT2D eigenvalue weighted by atomic mass is 32.2. The van der Waals surface area contributed by atoms with Crippen LogP contribution in [0.25, 0.3) is 0 Å². The lowest BCUT2D eigenvalue weighted by Gasteiger charge is -2.10. The Balaban J connectivity index is 1.83. The van der Waals surface area contributed by atoms with Gasteiger partial charge in [0.1, 0.15) is 17.4 Å². The van der Waals surface area contributed by atoms with E-state index in [4.69, 9.17) is 4.74 Å². The van der Waals surface area contributed by atoms with E-state index in [-0.39, 0.29) is 6.10 Å². The number of aromatic nitrogens is 3. The van der Waals surface area contributed by atoms with Crippen LogP contribution in [-0.4, -0.2) is 20.9 Å². The molecule has 0 spiro atoms. The molecule has 0 unspecified atom stereocenters. The number of hydrogen-bond donors (Lipinski definition) is 0. The summed E-state index contributed by atoms with van der Waals surface area (Å²) in [6.45, 7) is 6.04. The number of rotatable bonds is 6. The molecule has 5 heteroatoms. The van der Waals surface area contributed by atoms with Crippen LogP contribution in [0.3, 0.4) is 0 Å². The molecule has 2 rings (SSSR count). The maximum absolute atomic E-state index is 5.63. The normalized spacial score (nSPS) is 11.1. The van der Waals surface area contributed by atoms with Crippen LogP contribution >= 0.6 is 11.8 Å². The number of hydrogen-bond acceptors (Lipinski definition) is 4. The van der Waals surface area contributed by atoms with Gasteiger partial charge in [-0.15, -0.1) is 22.0 Å². The van der Waals surface area contributed by atoms with E-state index >= 15 is 0 Å². The summed E-state index contributed by atoms with van der Waals surface area (Å²) in [5.74, 6) is 4.75. The van der Waals surface area contributed by atoms with Crippen LogP contribution in [0, 0.1) is 6.92 Å². The standard InChI is InChI=1S/C15H21N3OS/c1-11(2)19-14-7-5-13(6-8-14)9-20-10-15-17-16-12(3)18(15)4/h5-8,11H,9-10H2,1-4H3. The van der Waals surface area contributed by atoms with Crippen LogP contribution < -0.4 is 4.74 Å². The van der Waals surface area contributed by atoms with Gasteiger partial charge in [-0.3, -0.25) is 0 Å². The van der Waals surface area contributed by atoms with Gasteiger partial charge in [-0.1, -0.05) is 12.1 Å². The predicted octanol–water partition coefficient (Wildman–Crippen LogP) is 3.34. The Hall–Kier alpha value is -1.49. The average Bonchev–Trinajstić information content (AvgIpc) is 2.72. The van der Waals surface area contributed by atoms with Crippen LogP contribution in [0.1, 0.15) is 31.1 Å². The van der Waals surface area contributed by atoms with E-state index in [9.17, 15) is 0 Å². The zero-order chi connectivity index (χ0) is 14.5. The SMILES string of the molecule is Cc1nnc(CSCc2ccc(OC(C)C)cc2)n1C. The second kappa shape index (κ2) is 6.79. The molecule has 1 aromatic carbocycles. The summed E-state index contributed by atoms with van der Waals surface area (Å²) in [7, 11) is 2.00.